The van der Waals surface area contributed by atoms with Gasteiger partial charge in [0.05, 0.1) is 6.54 Å². The Morgan fingerprint density at radius 1 is 1.07 bits per heavy atom. The molecule has 0 atom stereocenters. The van der Waals surface area contributed by atoms with Crippen molar-refractivity contribution in [3.63, 3.8) is 0 Å². The summed E-state index contributed by atoms with van der Waals surface area (Å²) in [5.41, 5.74) is 3.56. The number of aliphatic imine (C=N–C) groups is 1. The molecule has 2 N–H and O–H groups in total. The molecule has 3 rings (SSSR count). The first-order valence-corrected chi connectivity index (χ1v) is 9.35. The van der Waals surface area contributed by atoms with Crippen LogP contribution in [-0.4, -0.2) is 29.3 Å². The smallest absolute Gasteiger partial charge is 0.191 e. The summed E-state index contributed by atoms with van der Waals surface area (Å²) in [6.07, 6.45) is 4.61. The molecule has 0 bridgehead atoms. The first-order chi connectivity index (χ1) is 13.2. The summed E-state index contributed by atoms with van der Waals surface area (Å²) in [6, 6.07) is 18.3. The van der Waals surface area contributed by atoms with Crippen molar-refractivity contribution in [3.05, 3.63) is 88.7 Å². The second-order valence-electron chi connectivity index (χ2n) is 6.22. The first-order valence-electron chi connectivity index (χ1n) is 8.98. The third-order valence-corrected chi connectivity index (χ3v) is 4.59. The normalized spacial score (nSPS) is 11.0. The molecule has 0 saturated carbocycles. The van der Waals surface area contributed by atoms with Gasteiger partial charge in [0.25, 0.3) is 0 Å². The minimum atomic E-state index is 0. The second-order valence-corrected chi connectivity index (χ2v) is 6.62. The van der Waals surface area contributed by atoms with Crippen molar-refractivity contribution in [2.75, 3.05) is 13.6 Å². The van der Waals surface area contributed by atoms with Gasteiger partial charge in [0.1, 0.15) is 0 Å². The van der Waals surface area contributed by atoms with Crippen LogP contribution in [0.15, 0.2) is 72.0 Å². The molecule has 2 aromatic carbocycles. The lowest BCUT2D eigenvalue weighted by Gasteiger charge is -2.13. The van der Waals surface area contributed by atoms with E-state index in [9.17, 15) is 0 Å². The molecule has 0 aliphatic heterocycles. The van der Waals surface area contributed by atoms with Crippen LogP contribution in [-0.2, 0) is 19.5 Å². The number of halogens is 2. The van der Waals surface area contributed by atoms with E-state index in [1.165, 1.54) is 11.1 Å². The van der Waals surface area contributed by atoms with Crippen molar-refractivity contribution >= 4 is 41.5 Å². The maximum atomic E-state index is 6.20. The van der Waals surface area contributed by atoms with Crippen molar-refractivity contribution in [3.8, 4) is 0 Å². The predicted molar refractivity (Wildman–Crippen MR) is 127 cm³/mol. The molecule has 0 amide bonds. The molecule has 1 heterocycles. The highest BCUT2D eigenvalue weighted by Gasteiger charge is 2.02. The van der Waals surface area contributed by atoms with Gasteiger partial charge in [-0.25, -0.2) is 0 Å². The Morgan fingerprint density at radius 2 is 1.89 bits per heavy atom. The highest BCUT2D eigenvalue weighted by Crippen LogP contribution is 2.14. The van der Waals surface area contributed by atoms with E-state index >= 15 is 0 Å². The van der Waals surface area contributed by atoms with Gasteiger partial charge in [-0.3, -0.25) is 9.67 Å². The van der Waals surface area contributed by atoms with Gasteiger partial charge in [-0.1, -0.05) is 54.1 Å². The number of guanidine groups is 1. The maximum absolute atomic E-state index is 6.20. The fraction of sp³-hybridized carbons (Fsp3) is 0.238. The zero-order chi connectivity index (χ0) is 18.9. The van der Waals surface area contributed by atoms with Crippen molar-refractivity contribution in [1.82, 2.24) is 20.4 Å². The van der Waals surface area contributed by atoms with Gasteiger partial charge in [-0.2, -0.15) is 5.10 Å². The van der Waals surface area contributed by atoms with Crippen LogP contribution in [0.5, 0.6) is 0 Å². The SMILES string of the molecule is CN=C(NCCc1ccccc1Cl)NCc1cccc(Cn2cccn2)c1.I. The molecular formula is C21H25ClIN5. The fourth-order valence-corrected chi connectivity index (χ4v) is 3.07. The molecule has 148 valence electrons. The Hall–Kier alpha value is -2.06. The molecule has 5 nitrogen and oxygen atoms in total. The lowest BCUT2D eigenvalue weighted by molar-refractivity contribution is 0.685. The van der Waals surface area contributed by atoms with Crippen LogP contribution in [0, 0.1) is 0 Å². The summed E-state index contributed by atoms with van der Waals surface area (Å²) in [7, 11) is 1.78. The average molecular weight is 510 g/mol. The molecule has 1 aromatic heterocycles. The molecule has 0 saturated heterocycles. The first kappa shape index (κ1) is 22.2. The summed E-state index contributed by atoms with van der Waals surface area (Å²) in [5.74, 6) is 0.777. The molecule has 3 aromatic rings. The van der Waals surface area contributed by atoms with E-state index in [1.807, 2.05) is 41.2 Å². The Labute approximate surface area is 188 Å². The van der Waals surface area contributed by atoms with Gasteiger partial charge < -0.3 is 10.6 Å². The Morgan fingerprint density at radius 3 is 2.64 bits per heavy atom. The van der Waals surface area contributed by atoms with Crippen molar-refractivity contribution in [1.29, 1.82) is 0 Å². The van der Waals surface area contributed by atoms with E-state index in [4.69, 9.17) is 11.6 Å². The minimum Gasteiger partial charge on any atom is -0.356 e. The molecular weight excluding hydrogens is 485 g/mol. The number of rotatable bonds is 7. The van der Waals surface area contributed by atoms with Crippen LogP contribution >= 0.6 is 35.6 Å². The molecule has 28 heavy (non-hydrogen) atoms. The molecule has 7 heteroatoms. The zero-order valence-corrected chi connectivity index (χ0v) is 18.9. The van der Waals surface area contributed by atoms with Crippen LogP contribution in [0.1, 0.15) is 16.7 Å². The van der Waals surface area contributed by atoms with Crippen LogP contribution in [0.4, 0.5) is 0 Å². The van der Waals surface area contributed by atoms with Crippen molar-refractivity contribution in [2.24, 2.45) is 4.99 Å². The average Bonchev–Trinajstić information content (AvgIpc) is 3.19. The number of nitrogens with one attached hydrogen (secondary N) is 2. The van der Waals surface area contributed by atoms with E-state index < -0.39 is 0 Å². The monoisotopic (exact) mass is 509 g/mol. The van der Waals surface area contributed by atoms with Crippen molar-refractivity contribution in [2.45, 2.75) is 19.5 Å². The van der Waals surface area contributed by atoms with E-state index in [2.05, 4.69) is 45.0 Å². The zero-order valence-electron chi connectivity index (χ0n) is 15.8. The number of benzene rings is 2. The standard InChI is InChI=1S/C21H24ClN5.HI/c1-23-21(24-12-10-19-8-2-3-9-20(19)22)25-15-17-6-4-7-18(14-17)16-27-13-5-11-26-27;/h2-9,11,13-14H,10,12,15-16H2,1H3,(H2,23,24,25);1H. The molecule has 0 aliphatic carbocycles. The quantitative estimate of drug-likeness (QED) is 0.286. The lowest BCUT2D eigenvalue weighted by Crippen LogP contribution is -2.37. The third kappa shape index (κ3) is 6.83. The Balaban J connectivity index is 0.00000280. The van der Waals surface area contributed by atoms with Crippen LogP contribution in [0.3, 0.4) is 0 Å². The number of hydrogen-bond donors (Lipinski definition) is 2. The molecule has 0 radical (unpaired) electrons. The van der Waals surface area contributed by atoms with E-state index in [1.54, 1.807) is 13.2 Å². The van der Waals surface area contributed by atoms with E-state index in [-0.39, 0.29) is 24.0 Å². The number of aromatic nitrogens is 2. The minimum absolute atomic E-state index is 0. The van der Waals surface area contributed by atoms with Gasteiger partial charge in [-0.15, -0.1) is 24.0 Å². The van der Waals surface area contributed by atoms with Gasteiger partial charge in [0.2, 0.25) is 0 Å². The van der Waals surface area contributed by atoms with Crippen molar-refractivity contribution < 1.29 is 0 Å². The number of hydrogen-bond acceptors (Lipinski definition) is 2. The van der Waals surface area contributed by atoms with Crippen LogP contribution in [0.25, 0.3) is 0 Å². The number of nitrogens with zero attached hydrogens (tertiary/aromatic N) is 3. The lowest BCUT2D eigenvalue weighted by atomic mass is 10.1. The van der Waals surface area contributed by atoms with Gasteiger partial charge >= 0.3 is 0 Å². The topological polar surface area (TPSA) is 54.2 Å². The van der Waals surface area contributed by atoms with E-state index in [0.29, 0.717) is 6.54 Å². The summed E-state index contributed by atoms with van der Waals surface area (Å²) < 4.78 is 1.92. The highest BCUT2D eigenvalue weighted by atomic mass is 127. The molecule has 0 spiro atoms. The summed E-state index contributed by atoms with van der Waals surface area (Å²) >= 11 is 6.20. The maximum Gasteiger partial charge on any atom is 0.191 e. The summed E-state index contributed by atoms with van der Waals surface area (Å²) in [4.78, 5) is 4.29. The summed E-state index contributed by atoms with van der Waals surface area (Å²) in [6.45, 7) is 2.24. The Kier molecular flexibility index (Phi) is 9.30. The van der Waals surface area contributed by atoms with Gasteiger partial charge in [0, 0.05) is 37.6 Å². The summed E-state index contributed by atoms with van der Waals surface area (Å²) in [5, 5.41) is 11.7. The van der Waals surface area contributed by atoms with E-state index in [0.717, 1.165) is 36.1 Å². The Bertz CT molecular complexity index is 880. The highest BCUT2D eigenvalue weighted by molar-refractivity contribution is 14.0. The second kappa shape index (κ2) is 11.7. The molecule has 0 unspecified atom stereocenters. The molecule has 0 fully saturated rings. The fourth-order valence-electron chi connectivity index (χ4n) is 2.84. The van der Waals surface area contributed by atoms with Crippen LogP contribution in [0.2, 0.25) is 5.02 Å². The van der Waals surface area contributed by atoms with Gasteiger partial charge in [-0.05, 0) is 35.2 Å². The largest absolute Gasteiger partial charge is 0.356 e. The third-order valence-electron chi connectivity index (χ3n) is 4.22. The van der Waals surface area contributed by atoms with Gasteiger partial charge in [0.15, 0.2) is 5.96 Å². The van der Waals surface area contributed by atoms with Crippen LogP contribution < -0.4 is 10.6 Å². The predicted octanol–water partition coefficient (Wildman–Crippen LogP) is 4.11. The molecule has 0 aliphatic rings.